The quantitative estimate of drug-likeness (QED) is 0.901. The van der Waals surface area contributed by atoms with Gasteiger partial charge in [-0.25, -0.2) is 4.39 Å². The second-order valence-electron chi connectivity index (χ2n) is 4.13. The van der Waals surface area contributed by atoms with E-state index in [4.69, 9.17) is 4.74 Å². The molecule has 0 aliphatic heterocycles. The van der Waals surface area contributed by atoms with Gasteiger partial charge in [-0.3, -0.25) is 0 Å². The van der Waals surface area contributed by atoms with Gasteiger partial charge in [0.1, 0.15) is 0 Å². The van der Waals surface area contributed by atoms with Crippen molar-refractivity contribution in [2.45, 2.75) is 13.1 Å². The van der Waals surface area contributed by atoms with Gasteiger partial charge in [0.25, 0.3) is 0 Å². The van der Waals surface area contributed by atoms with E-state index < -0.39 is 0 Å². The molecule has 0 unspecified atom stereocenters. The number of halogens is 2. The lowest BCUT2D eigenvalue weighted by Crippen LogP contribution is -2.14. The zero-order valence-corrected chi connectivity index (χ0v) is 12.2. The molecular formula is C15H15BrFNO. The number of hydrogen-bond donors (Lipinski definition) is 1. The van der Waals surface area contributed by atoms with Crippen molar-refractivity contribution in [3.05, 3.63) is 63.9 Å². The summed E-state index contributed by atoms with van der Waals surface area (Å²) in [6.07, 6.45) is 0. The van der Waals surface area contributed by atoms with Crippen molar-refractivity contribution in [3.63, 3.8) is 0 Å². The summed E-state index contributed by atoms with van der Waals surface area (Å²) >= 11 is 3.49. The van der Waals surface area contributed by atoms with Gasteiger partial charge in [-0.1, -0.05) is 46.3 Å². The molecule has 0 bridgehead atoms. The van der Waals surface area contributed by atoms with Crippen LogP contribution in [0.15, 0.2) is 46.9 Å². The Morgan fingerprint density at radius 2 is 1.74 bits per heavy atom. The molecule has 100 valence electrons. The number of rotatable bonds is 5. The largest absolute Gasteiger partial charge is 0.494 e. The minimum absolute atomic E-state index is 0.278. The van der Waals surface area contributed by atoms with Crippen molar-refractivity contribution in [2.24, 2.45) is 0 Å². The highest BCUT2D eigenvalue weighted by Gasteiger charge is 2.07. The van der Waals surface area contributed by atoms with E-state index in [2.05, 4.69) is 21.2 Å². The third kappa shape index (κ3) is 3.55. The van der Waals surface area contributed by atoms with Crippen LogP contribution in [0.1, 0.15) is 11.1 Å². The van der Waals surface area contributed by atoms with E-state index in [1.165, 1.54) is 7.11 Å². The standard InChI is InChI=1S/C15H15BrFNO/c1-19-14-8-4-6-12(15(14)17)10-18-9-11-5-2-3-7-13(11)16/h2-8,18H,9-10H2,1H3. The summed E-state index contributed by atoms with van der Waals surface area (Å²) in [6.45, 7) is 1.14. The van der Waals surface area contributed by atoms with Crippen molar-refractivity contribution in [3.8, 4) is 5.75 Å². The number of benzene rings is 2. The highest BCUT2D eigenvalue weighted by atomic mass is 79.9. The third-order valence-electron chi connectivity index (χ3n) is 2.85. The maximum atomic E-state index is 13.9. The van der Waals surface area contributed by atoms with Gasteiger partial charge < -0.3 is 10.1 Å². The predicted octanol–water partition coefficient (Wildman–Crippen LogP) is 3.89. The van der Waals surface area contributed by atoms with Crippen molar-refractivity contribution in [1.29, 1.82) is 0 Å². The predicted molar refractivity (Wildman–Crippen MR) is 77.6 cm³/mol. The van der Waals surface area contributed by atoms with Crippen LogP contribution in [0, 0.1) is 5.82 Å². The van der Waals surface area contributed by atoms with Gasteiger partial charge in [-0.2, -0.15) is 0 Å². The molecule has 2 aromatic carbocycles. The molecule has 0 atom stereocenters. The Hall–Kier alpha value is -1.39. The fourth-order valence-corrected chi connectivity index (χ4v) is 2.25. The van der Waals surface area contributed by atoms with Crippen LogP contribution in [0.3, 0.4) is 0 Å². The zero-order valence-electron chi connectivity index (χ0n) is 10.6. The molecular weight excluding hydrogens is 309 g/mol. The second kappa shape index (κ2) is 6.68. The smallest absolute Gasteiger partial charge is 0.169 e. The van der Waals surface area contributed by atoms with Gasteiger partial charge in [-0.05, 0) is 17.7 Å². The summed E-state index contributed by atoms with van der Waals surface area (Å²) in [5.74, 6) is -0.0233. The van der Waals surface area contributed by atoms with Crippen LogP contribution in [-0.4, -0.2) is 7.11 Å². The number of hydrogen-bond acceptors (Lipinski definition) is 2. The average Bonchev–Trinajstić information content (AvgIpc) is 2.43. The van der Waals surface area contributed by atoms with Crippen LogP contribution in [0.4, 0.5) is 4.39 Å². The van der Waals surface area contributed by atoms with Crippen LogP contribution in [0.2, 0.25) is 0 Å². The molecule has 0 heterocycles. The van der Waals surface area contributed by atoms with Gasteiger partial charge in [0.2, 0.25) is 0 Å². The van der Waals surface area contributed by atoms with Crippen molar-refractivity contribution in [2.75, 3.05) is 7.11 Å². The number of ether oxygens (including phenoxy) is 1. The molecule has 0 aliphatic carbocycles. The summed E-state index contributed by atoms with van der Waals surface area (Å²) in [6, 6.07) is 13.1. The molecule has 0 saturated carbocycles. The number of nitrogens with one attached hydrogen (secondary N) is 1. The molecule has 0 aromatic heterocycles. The van der Waals surface area contributed by atoms with E-state index in [-0.39, 0.29) is 11.6 Å². The van der Waals surface area contributed by atoms with Gasteiger partial charge in [0, 0.05) is 23.1 Å². The molecule has 1 N–H and O–H groups in total. The fraction of sp³-hybridized carbons (Fsp3) is 0.200. The highest BCUT2D eigenvalue weighted by Crippen LogP contribution is 2.20. The molecule has 2 rings (SSSR count). The Bertz CT molecular complexity index is 560. The first kappa shape index (κ1) is 14.0. The van der Waals surface area contributed by atoms with E-state index >= 15 is 0 Å². The molecule has 2 nitrogen and oxygen atoms in total. The van der Waals surface area contributed by atoms with Crippen LogP contribution in [0.25, 0.3) is 0 Å². The second-order valence-corrected chi connectivity index (χ2v) is 4.98. The molecule has 4 heteroatoms. The molecule has 0 aliphatic rings. The molecule has 19 heavy (non-hydrogen) atoms. The van der Waals surface area contributed by atoms with Gasteiger partial charge in [0.05, 0.1) is 7.11 Å². The Morgan fingerprint density at radius 3 is 2.47 bits per heavy atom. The minimum Gasteiger partial charge on any atom is -0.494 e. The maximum Gasteiger partial charge on any atom is 0.169 e. The van der Waals surface area contributed by atoms with E-state index in [1.807, 2.05) is 24.3 Å². The molecule has 0 amide bonds. The van der Waals surface area contributed by atoms with Crippen LogP contribution >= 0.6 is 15.9 Å². The van der Waals surface area contributed by atoms with Gasteiger partial charge in [0.15, 0.2) is 11.6 Å². The van der Waals surface area contributed by atoms with E-state index in [9.17, 15) is 4.39 Å². The normalized spacial score (nSPS) is 10.5. The zero-order chi connectivity index (χ0) is 13.7. The van der Waals surface area contributed by atoms with Crippen molar-refractivity contribution in [1.82, 2.24) is 5.32 Å². The molecule has 0 radical (unpaired) electrons. The Balaban J connectivity index is 1.98. The first-order valence-corrected chi connectivity index (χ1v) is 6.77. The van der Waals surface area contributed by atoms with Gasteiger partial charge >= 0.3 is 0 Å². The van der Waals surface area contributed by atoms with Crippen molar-refractivity contribution < 1.29 is 9.13 Å². The molecule has 2 aromatic rings. The first-order chi connectivity index (χ1) is 9.22. The summed E-state index contributed by atoms with van der Waals surface area (Å²) in [4.78, 5) is 0. The first-order valence-electron chi connectivity index (χ1n) is 5.98. The summed E-state index contributed by atoms with van der Waals surface area (Å²) in [5.41, 5.74) is 1.75. The average molecular weight is 324 g/mol. The topological polar surface area (TPSA) is 21.3 Å². The van der Waals surface area contributed by atoms with Gasteiger partial charge in [-0.15, -0.1) is 0 Å². The summed E-state index contributed by atoms with van der Waals surface area (Å²) in [7, 11) is 1.47. The van der Waals surface area contributed by atoms with Crippen molar-refractivity contribution >= 4 is 15.9 Å². The summed E-state index contributed by atoms with van der Waals surface area (Å²) in [5, 5.41) is 3.23. The Labute approximate surface area is 120 Å². The monoisotopic (exact) mass is 323 g/mol. The molecule has 0 fully saturated rings. The lowest BCUT2D eigenvalue weighted by atomic mass is 10.2. The lowest BCUT2D eigenvalue weighted by molar-refractivity contribution is 0.383. The highest BCUT2D eigenvalue weighted by molar-refractivity contribution is 9.10. The summed E-state index contributed by atoms with van der Waals surface area (Å²) < 4.78 is 19.9. The van der Waals surface area contributed by atoms with Crippen LogP contribution in [-0.2, 0) is 13.1 Å². The Morgan fingerprint density at radius 1 is 1.05 bits per heavy atom. The maximum absolute atomic E-state index is 13.9. The van der Waals surface area contributed by atoms with E-state index in [0.29, 0.717) is 18.7 Å². The molecule has 0 spiro atoms. The number of methoxy groups -OCH3 is 1. The molecule has 0 saturated heterocycles. The lowest BCUT2D eigenvalue weighted by Gasteiger charge is -2.09. The van der Waals surface area contributed by atoms with Crippen LogP contribution < -0.4 is 10.1 Å². The fourth-order valence-electron chi connectivity index (χ4n) is 1.82. The van der Waals surface area contributed by atoms with E-state index in [1.54, 1.807) is 18.2 Å². The third-order valence-corrected chi connectivity index (χ3v) is 3.63. The minimum atomic E-state index is -0.301. The Kier molecular flexibility index (Phi) is 4.93. The SMILES string of the molecule is COc1cccc(CNCc2ccccc2Br)c1F. The van der Waals surface area contributed by atoms with E-state index in [0.717, 1.165) is 10.0 Å². The van der Waals surface area contributed by atoms with Crippen LogP contribution in [0.5, 0.6) is 5.75 Å².